The van der Waals surface area contributed by atoms with Crippen molar-refractivity contribution < 1.29 is 26.0 Å². The number of pyridine rings is 1. The number of benzene rings is 1. The van der Waals surface area contributed by atoms with E-state index in [0.717, 1.165) is 30.5 Å². The van der Waals surface area contributed by atoms with Crippen molar-refractivity contribution in [1.29, 1.82) is 0 Å². The number of sulfonamides is 1. The standard InChI is InChI=1S/C12H6BrClF4N2O2S/c13-6-3-9(11(19-5-6)12(16,17)18)20-23(21,22)10-2-1-7(15)4-8(10)14/h1-5,20H. The molecule has 0 unspecified atom stereocenters. The van der Waals surface area contributed by atoms with Gasteiger partial charge in [-0.15, -0.1) is 0 Å². The lowest BCUT2D eigenvalue weighted by atomic mass is 10.3. The molecule has 2 rings (SSSR count). The van der Waals surface area contributed by atoms with E-state index in [9.17, 15) is 26.0 Å². The Balaban J connectivity index is 2.51. The average Bonchev–Trinajstić information content (AvgIpc) is 2.35. The molecule has 0 spiro atoms. The Bertz CT molecular complexity index is 859. The predicted molar refractivity (Wildman–Crippen MR) is 79.2 cm³/mol. The number of nitrogens with zero attached hydrogens (tertiary/aromatic N) is 1. The highest BCUT2D eigenvalue weighted by atomic mass is 79.9. The largest absolute Gasteiger partial charge is 0.435 e. The molecule has 1 aromatic heterocycles. The Morgan fingerprint density at radius 3 is 2.43 bits per heavy atom. The van der Waals surface area contributed by atoms with Gasteiger partial charge in [0, 0.05) is 10.7 Å². The number of hydrogen-bond donors (Lipinski definition) is 1. The van der Waals surface area contributed by atoms with Gasteiger partial charge in [-0.25, -0.2) is 17.8 Å². The molecule has 11 heteroatoms. The average molecular weight is 434 g/mol. The summed E-state index contributed by atoms with van der Waals surface area (Å²) >= 11 is 8.55. The number of anilines is 1. The SMILES string of the molecule is O=S(=O)(Nc1cc(Br)cnc1C(F)(F)F)c1ccc(F)cc1Cl. The highest BCUT2D eigenvalue weighted by molar-refractivity contribution is 9.10. The minimum atomic E-state index is -4.87. The zero-order valence-electron chi connectivity index (χ0n) is 10.8. The molecule has 0 saturated carbocycles. The van der Waals surface area contributed by atoms with Gasteiger partial charge in [-0.3, -0.25) is 4.72 Å². The first-order chi connectivity index (χ1) is 10.5. The van der Waals surface area contributed by atoms with E-state index in [-0.39, 0.29) is 4.47 Å². The maximum absolute atomic E-state index is 13.0. The van der Waals surface area contributed by atoms with Crippen molar-refractivity contribution in [2.75, 3.05) is 4.72 Å². The van der Waals surface area contributed by atoms with E-state index in [1.165, 1.54) is 0 Å². The van der Waals surface area contributed by atoms with E-state index >= 15 is 0 Å². The third-order valence-electron chi connectivity index (χ3n) is 2.55. The molecule has 0 aliphatic rings. The van der Waals surface area contributed by atoms with Crippen LogP contribution in [0.2, 0.25) is 5.02 Å². The van der Waals surface area contributed by atoms with Crippen LogP contribution in [0, 0.1) is 5.82 Å². The molecule has 0 radical (unpaired) electrons. The first-order valence-corrected chi connectivity index (χ1v) is 8.37. The summed E-state index contributed by atoms with van der Waals surface area (Å²) in [6, 6.07) is 3.31. The fourth-order valence-corrected chi connectivity index (χ4v) is 3.56. The molecule has 1 N–H and O–H groups in total. The summed E-state index contributed by atoms with van der Waals surface area (Å²) in [5, 5.41) is -0.464. The second-order valence-corrected chi connectivity index (χ2v) is 7.20. The lowest BCUT2D eigenvalue weighted by molar-refractivity contribution is -0.140. The van der Waals surface area contributed by atoms with Gasteiger partial charge < -0.3 is 0 Å². The number of aromatic nitrogens is 1. The Kier molecular flexibility index (Phi) is 4.88. The van der Waals surface area contributed by atoms with Crippen LogP contribution in [0.5, 0.6) is 0 Å². The Morgan fingerprint density at radius 2 is 1.87 bits per heavy atom. The molecular formula is C12H6BrClF4N2O2S. The molecule has 1 heterocycles. The molecule has 0 aliphatic heterocycles. The van der Waals surface area contributed by atoms with Gasteiger partial charge in [-0.1, -0.05) is 11.6 Å². The number of alkyl halides is 3. The van der Waals surface area contributed by atoms with E-state index in [1.807, 2.05) is 0 Å². The summed E-state index contributed by atoms with van der Waals surface area (Å²) in [6.07, 6.45) is -3.99. The van der Waals surface area contributed by atoms with Gasteiger partial charge in [0.1, 0.15) is 10.7 Å². The molecular weight excluding hydrogens is 428 g/mol. The monoisotopic (exact) mass is 432 g/mol. The fourth-order valence-electron chi connectivity index (χ4n) is 1.64. The van der Waals surface area contributed by atoms with Gasteiger partial charge in [0.15, 0.2) is 5.69 Å². The van der Waals surface area contributed by atoms with Crippen LogP contribution < -0.4 is 4.72 Å². The van der Waals surface area contributed by atoms with E-state index in [0.29, 0.717) is 0 Å². The minimum absolute atomic E-state index is 0.133. The Labute approximate surface area is 141 Å². The third-order valence-corrected chi connectivity index (χ3v) is 4.83. The molecule has 4 nitrogen and oxygen atoms in total. The molecule has 0 amide bonds. The molecule has 0 aliphatic carbocycles. The van der Waals surface area contributed by atoms with Crippen LogP contribution in [0.4, 0.5) is 23.2 Å². The summed E-state index contributed by atoms with van der Waals surface area (Å²) in [4.78, 5) is 2.61. The third kappa shape index (κ3) is 4.12. The summed E-state index contributed by atoms with van der Waals surface area (Å²) in [6.45, 7) is 0. The van der Waals surface area contributed by atoms with Crippen molar-refractivity contribution in [2.24, 2.45) is 0 Å². The lowest BCUT2D eigenvalue weighted by Gasteiger charge is -2.14. The van der Waals surface area contributed by atoms with Crippen LogP contribution in [0.25, 0.3) is 0 Å². The van der Waals surface area contributed by atoms with Crippen molar-refractivity contribution in [3.8, 4) is 0 Å². The van der Waals surface area contributed by atoms with Crippen molar-refractivity contribution in [3.63, 3.8) is 0 Å². The van der Waals surface area contributed by atoms with Crippen LogP contribution in [0.3, 0.4) is 0 Å². The van der Waals surface area contributed by atoms with Gasteiger partial charge in [-0.2, -0.15) is 13.2 Å². The molecule has 2 aromatic rings. The van der Waals surface area contributed by atoms with Gasteiger partial charge >= 0.3 is 6.18 Å². The van der Waals surface area contributed by atoms with E-state index in [1.54, 1.807) is 4.72 Å². The number of hydrogen-bond acceptors (Lipinski definition) is 3. The number of nitrogens with one attached hydrogen (secondary N) is 1. The topological polar surface area (TPSA) is 59.1 Å². The second-order valence-electron chi connectivity index (χ2n) is 4.23. The molecule has 23 heavy (non-hydrogen) atoms. The van der Waals surface area contributed by atoms with Crippen LogP contribution in [-0.2, 0) is 16.2 Å². The highest BCUT2D eigenvalue weighted by Gasteiger charge is 2.37. The van der Waals surface area contributed by atoms with Crippen molar-refractivity contribution in [1.82, 2.24) is 4.98 Å². The minimum Gasteiger partial charge on any atom is -0.277 e. The quantitative estimate of drug-likeness (QED) is 0.727. The van der Waals surface area contributed by atoms with Gasteiger partial charge in [-0.05, 0) is 40.2 Å². The summed E-state index contributed by atoms with van der Waals surface area (Å²) < 4.78 is 78.0. The van der Waals surface area contributed by atoms with Gasteiger partial charge in [0.2, 0.25) is 0 Å². The van der Waals surface area contributed by atoms with Crippen molar-refractivity contribution in [3.05, 3.63) is 51.5 Å². The maximum Gasteiger partial charge on any atom is 0.435 e. The summed E-state index contributed by atoms with van der Waals surface area (Å²) in [7, 11) is -4.47. The highest BCUT2D eigenvalue weighted by Crippen LogP contribution is 2.35. The molecule has 124 valence electrons. The van der Waals surface area contributed by atoms with Crippen LogP contribution in [0.15, 0.2) is 39.8 Å². The summed E-state index contributed by atoms with van der Waals surface area (Å²) in [5.41, 5.74) is -2.20. The maximum atomic E-state index is 13.0. The zero-order valence-corrected chi connectivity index (χ0v) is 14.0. The Morgan fingerprint density at radius 1 is 1.22 bits per heavy atom. The molecule has 0 saturated heterocycles. The van der Waals surface area contributed by atoms with E-state index in [4.69, 9.17) is 11.6 Å². The molecule has 0 atom stereocenters. The lowest BCUT2D eigenvalue weighted by Crippen LogP contribution is -2.18. The zero-order chi connectivity index (χ0) is 17.4. The van der Waals surface area contributed by atoms with E-state index in [2.05, 4.69) is 20.9 Å². The Hall–Kier alpha value is -1.39. The smallest absolute Gasteiger partial charge is 0.277 e. The predicted octanol–water partition coefficient (Wildman–Crippen LogP) is 4.46. The molecule has 0 bridgehead atoms. The summed E-state index contributed by atoms with van der Waals surface area (Å²) in [5.74, 6) is -0.783. The normalized spacial score (nSPS) is 12.3. The first kappa shape index (κ1) is 18.0. The van der Waals surface area contributed by atoms with E-state index < -0.39 is 43.3 Å². The van der Waals surface area contributed by atoms with Crippen LogP contribution >= 0.6 is 27.5 Å². The van der Waals surface area contributed by atoms with Crippen LogP contribution in [-0.4, -0.2) is 13.4 Å². The second kappa shape index (κ2) is 6.25. The molecule has 0 fully saturated rings. The van der Waals surface area contributed by atoms with Gasteiger partial charge in [0.05, 0.1) is 10.7 Å². The van der Waals surface area contributed by atoms with Gasteiger partial charge in [0.25, 0.3) is 10.0 Å². The van der Waals surface area contributed by atoms with Crippen molar-refractivity contribution >= 4 is 43.2 Å². The number of halogens is 6. The fraction of sp³-hybridized carbons (Fsp3) is 0.0833. The number of rotatable bonds is 3. The first-order valence-electron chi connectivity index (χ1n) is 5.71. The van der Waals surface area contributed by atoms with Crippen LogP contribution in [0.1, 0.15) is 5.69 Å². The van der Waals surface area contributed by atoms with Crippen molar-refractivity contribution in [2.45, 2.75) is 11.1 Å². The molecule has 1 aromatic carbocycles.